The molecule has 0 aromatic heterocycles. The van der Waals surface area contributed by atoms with Gasteiger partial charge in [-0.1, -0.05) is 32.8 Å². The molecule has 0 spiro atoms. The average Bonchev–Trinajstić information content (AvgIpc) is 2.35. The Kier molecular flexibility index (Phi) is 5.41. The van der Waals surface area contributed by atoms with Gasteiger partial charge in [0.25, 0.3) is 0 Å². The lowest BCUT2D eigenvalue weighted by Gasteiger charge is -2.27. The molecular formula is C15H22F3N. The molecule has 108 valence electrons. The molecule has 0 aliphatic carbocycles. The molecule has 19 heavy (non-hydrogen) atoms. The summed E-state index contributed by atoms with van der Waals surface area (Å²) in [5.41, 5.74) is 1.08. The van der Waals surface area contributed by atoms with Crippen LogP contribution in [0.25, 0.3) is 0 Å². The van der Waals surface area contributed by atoms with Crippen molar-refractivity contribution >= 4 is 0 Å². The largest absolute Gasteiger partial charge is 0.416 e. The molecule has 1 atom stereocenters. The number of nitrogens with one attached hydrogen (secondary N) is 1. The first-order valence-electron chi connectivity index (χ1n) is 6.70. The van der Waals surface area contributed by atoms with Gasteiger partial charge in [-0.05, 0) is 43.1 Å². The summed E-state index contributed by atoms with van der Waals surface area (Å²) in [5, 5.41) is 3.24. The monoisotopic (exact) mass is 273 g/mol. The van der Waals surface area contributed by atoms with Crippen LogP contribution in [0.1, 0.15) is 49.4 Å². The highest BCUT2D eigenvalue weighted by atomic mass is 19.4. The maximum atomic E-state index is 12.7. The van der Waals surface area contributed by atoms with E-state index in [1.807, 2.05) is 7.05 Å². The lowest BCUT2D eigenvalue weighted by Crippen LogP contribution is -2.25. The fourth-order valence-electron chi connectivity index (χ4n) is 2.61. The van der Waals surface area contributed by atoms with Crippen molar-refractivity contribution in [1.82, 2.24) is 5.32 Å². The molecule has 0 aliphatic rings. The lowest BCUT2D eigenvalue weighted by atomic mass is 9.86. The molecule has 1 unspecified atom stereocenters. The summed E-state index contributed by atoms with van der Waals surface area (Å²) in [6, 6.07) is 4.13. The minimum atomic E-state index is -4.27. The predicted octanol–water partition coefficient (Wildman–Crippen LogP) is 4.71. The summed E-state index contributed by atoms with van der Waals surface area (Å²) in [4.78, 5) is 0. The van der Waals surface area contributed by atoms with Gasteiger partial charge in [0.2, 0.25) is 0 Å². The van der Waals surface area contributed by atoms with Crippen LogP contribution in [-0.2, 0) is 6.18 Å². The van der Waals surface area contributed by atoms with Gasteiger partial charge < -0.3 is 5.32 Å². The van der Waals surface area contributed by atoms with Crippen LogP contribution in [0.4, 0.5) is 13.2 Å². The van der Waals surface area contributed by atoms with Gasteiger partial charge in [-0.25, -0.2) is 0 Å². The normalized spacial score (nSPS) is 13.9. The molecule has 0 saturated carbocycles. The Balaban J connectivity index is 3.13. The van der Waals surface area contributed by atoms with Gasteiger partial charge in [0.05, 0.1) is 5.56 Å². The van der Waals surface area contributed by atoms with E-state index in [9.17, 15) is 13.2 Å². The van der Waals surface area contributed by atoms with E-state index in [0.29, 0.717) is 11.5 Å². The van der Waals surface area contributed by atoms with Gasteiger partial charge >= 0.3 is 6.18 Å². The van der Waals surface area contributed by atoms with Crippen molar-refractivity contribution in [2.75, 3.05) is 7.05 Å². The Morgan fingerprint density at radius 3 is 2.11 bits per heavy atom. The molecular weight excluding hydrogens is 251 g/mol. The number of hydrogen-bond donors (Lipinski definition) is 1. The van der Waals surface area contributed by atoms with Gasteiger partial charge in [-0.3, -0.25) is 0 Å². The van der Waals surface area contributed by atoms with Crippen LogP contribution >= 0.6 is 0 Å². The van der Waals surface area contributed by atoms with Crippen molar-refractivity contribution in [3.05, 3.63) is 34.9 Å². The third-order valence-electron chi connectivity index (χ3n) is 3.76. The van der Waals surface area contributed by atoms with Gasteiger partial charge in [0.1, 0.15) is 0 Å². The van der Waals surface area contributed by atoms with Crippen LogP contribution < -0.4 is 5.32 Å². The number of halogens is 3. The third-order valence-corrected chi connectivity index (χ3v) is 3.76. The van der Waals surface area contributed by atoms with E-state index in [-0.39, 0.29) is 6.04 Å². The quantitative estimate of drug-likeness (QED) is 0.819. The van der Waals surface area contributed by atoms with Crippen molar-refractivity contribution in [3.8, 4) is 0 Å². The number of alkyl halides is 3. The zero-order chi connectivity index (χ0) is 14.6. The maximum absolute atomic E-state index is 12.7. The van der Waals surface area contributed by atoms with E-state index in [1.165, 1.54) is 12.1 Å². The Hall–Kier alpha value is -1.03. The van der Waals surface area contributed by atoms with Crippen LogP contribution in [0.3, 0.4) is 0 Å². The van der Waals surface area contributed by atoms with Crippen LogP contribution in [0.2, 0.25) is 0 Å². The first-order valence-corrected chi connectivity index (χ1v) is 6.70. The van der Waals surface area contributed by atoms with Crippen LogP contribution in [0.5, 0.6) is 0 Å². The summed E-state index contributed by atoms with van der Waals surface area (Å²) in [5.74, 6) is 0.431. The highest BCUT2D eigenvalue weighted by Gasteiger charge is 2.31. The first-order chi connectivity index (χ1) is 8.85. The highest BCUT2D eigenvalue weighted by molar-refractivity contribution is 5.35. The Bertz CT molecular complexity index is 408. The second-order valence-corrected chi connectivity index (χ2v) is 4.91. The second kappa shape index (κ2) is 6.42. The maximum Gasteiger partial charge on any atom is 0.416 e. The van der Waals surface area contributed by atoms with Crippen LogP contribution in [0.15, 0.2) is 18.2 Å². The van der Waals surface area contributed by atoms with Gasteiger partial charge in [0.15, 0.2) is 0 Å². The predicted molar refractivity (Wildman–Crippen MR) is 72.1 cm³/mol. The van der Waals surface area contributed by atoms with E-state index in [0.717, 1.165) is 18.4 Å². The molecule has 0 saturated heterocycles. The number of rotatable bonds is 5. The molecule has 0 radical (unpaired) electrons. The van der Waals surface area contributed by atoms with E-state index in [4.69, 9.17) is 0 Å². The fourth-order valence-corrected chi connectivity index (χ4v) is 2.61. The molecule has 0 heterocycles. The van der Waals surface area contributed by atoms with Crippen molar-refractivity contribution < 1.29 is 13.2 Å². The van der Waals surface area contributed by atoms with E-state index in [1.54, 1.807) is 13.0 Å². The lowest BCUT2D eigenvalue weighted by molar-refractivity contribution is -0.137. The van der Waals surface area contributed by atoms with Crippen LogP contribution in [0, 0.1) is 12.8 Å². The second-order valence-electron chi connectivity index (χ2n) is 4.91. The zero-order valence-corrected chi connectivity index (χ0v) is 11.9. The standard InChI is InChI=1S/C15H22F3N/c1-5-11(6-2)14(19-4)13-8-7-12(9-10(13)3)15(16,17)18/h7-9,11,14,19H,5-6H2,1-4H3. The highest BCUT2D eigenvalue weighted by Crippen LogP contribution is 2.34. The Morgan fingerprint density at radius 2 is 1.74 bits per heavy atom. The molecule has 1 aromatic carbocycles. The van der Waals surface area contributed by atoms with Gasteiger partial charge in [-0.2, -0.15) is 13.2 Å². The minimum Gasteiger partial charge on any atom is -0.313 e. The van der Waals surface area contributed by atoms with Gasteiger partial charge in [0, 0.05) is 6.04 Å². The van der Waals surface area contributed by atoms with Crippen molar-refractivity contribution in [1.29, 1.82) is 0 Å². The fraction of sp³-hybridized carbons (Fsp3) is 0.600. The topological polar surface area (TPSA) is 12.0 Å². The SMILES string of the molecule is CCC(CC)C(NC)c1ccc(C(F)(F)F)cc1C. The smallest absolute Gasteiger partial charge is 0.313 e. The summed E-state index contributed by atoms with van der Waals surface area (Å²) >= 11 is 0. The average molecular weight is 273 g/mol. The van der Waals surface area contributed by atoms with Crippen molar-refractivity contribution in [2.45, 2.75) is 45.8 Å². The molecule has 1 nitrogen and oxygen atoms in total. The van der Waals surface area contributed by atoms with E-state index < -0.39 is 11.7 Å². The van der Waals surface area contributed by atoms with Crippen molar-refractivity contribution in [2.24, 2.45) is 5.92 Å². The molecule has 0 aliphatic heterocycles. The Morgan fingerprint density at radius 1 is 1.16 bits per heavy atom. The molecule has 1 aromatic rings. The molecule has 0 fully saturated rings. The molecule has 0 amide bonds. The number of benzene rings is 1. The number of aryl methyl sites for hydroxylation is 1. The third kappa shape index (κ3) is 3.72. The van der Waals surface area contributed by atoms with Gasteiger partial charge in [-0.15, -0.1) is 0 Å². The minimum absolute atomic E-state index is 0.109. The molecule has 0 bridgehead atoms. The molecule has 1 N–H and O–H groups in total. The summed E-state index contributed by atoms with van der Waals surface area (Å²) < 4.78 is 38.0. The van der Waals surface area contributed by atoms with E-state index in [2.05, 4.69) is 19.2 Å². The summed E-state index contributed by atoms with van der Waals surface area (Å²) in [6.45, 7) is 5.97. The van der Waals surface area contributed by atoms with Crippen molar-refractivity contribution in [3.63, 3.8) is 0 Å². The first kappa shape index (κ1) is 16.0. The van der Waals surface area contributed by atoms with Crippen LogP contribution in [-0.4, -0.2) is 7.05 Å². The summed E-state index contributed by atoms with van der Waals surface area (Å²) in [6.07, 6.45) is -2.27. The number of hydrogen-bond acceptors (Lipinski definition) is 1. The molecule has 4 heteroatoms. The zero-order valence-electron chi connectivity index (χ0n) is 11.9. The van der Waals surface area contributed by atoms with E-state index >= 15 is 0 Å². The Labute approximate surface area is 113 Å². The molecule has 1 rings (SSSR count). The summed E-state index contributed by atoms with van der Waals surface area (Å²) in [7, 11) is 1.86.